The number of anilines is 1. The van der Waals surface area contributed by atoms with Gasteiger partial charge in [-0.3, -0.25) is 10.1 Å². The molecule has 2 aliphatic heterocycles. The molecule has 3 rings (SSSR count). The van der Waals surface area contributed by atoms with Crippen molar-refractivity contribution in [1.82, 2.24) is 0 Å². The summed E-state index contributed by atoms with van der Waals surface area (Å²) in [7, 11) is -3.47. The summed E-state index contributed by atoms with van der Waals surface area (Å²) in [6.45, 7) is 0. The number of benzene rings is 1. The second-order valence-corrected chi connectivity index (χ2v) is 7.58. The maximum atomic E-state index is 11.5. The summed E-state index contributed by atoms with van der Waals surface area (Å²) >= 11 is 0. The second kappa shape index (κ2) is 4.96. The summed E-state index contributed by atoms with van der Waals surface area (Å²) in [5.74, 6) is 0. The lowest BCUT2D eigenvalue weighted by atomic mass is 9.95. The molecule has 0 aliphatic carbocycles. The van der Waals surface area contributed by atoms with Crippen LogP contribution in [0.15, 0.2) is 23.1 Å². The number of nitro groups is 1. The summed E-state index contributed by atoms with van der Waals surface area (Å²) in [4.78, 5) is 10.6. The average Bonchev–Trinajstić information content (AvgIpc) is 2.99. The topological polar surface area (TPSA) is 98.5 Å². The zero-order valence-corrected chi connectivity index (χ0v) is 12.3. The van der Waals surface area contributed by atoms with Gasteiger partial charge in [-0.1, -0.05) is 0 Å². The van der Waals surface area contributed by atoms with Gasteiger partial charge in [-0.25, -0.2) is 8.42 Å². The lowest BCUT2D eigenvalue weighted by Crippen LogP contribution is -2.30. The molecule has 3 unspecified atom stereocenters. The minimum Gasteiger partial charge on any atom is -0.374 e. The SMILES string of the molecule is CS(=O)(=O)c1ccc(NC2CC3CCC2O3)c([N+](=O)[O-])c1. The normalized spacial score (nSPS) is 27.8. The third-order valence-electron chi connectivity index (χ3n) is 4.04. The molecule has 0 aromatic heterocycles. The second-order valence-electron chi connectivity index (χ2n) is 5.57. The molecule has 1 aromatic rings. The molecule has 2 aliphatic rings. The number of hydrogen-bond donors (Lipinski definition) is 1. The van der Waals surface area contributed by atoms with Gasteiger partial charge in [-0.05, 0) is 31.4 Å². The van der Waals surface area contributed by atoms with E-state index in [0.717, 1.165) is 31.6 Å². The Morgan fingerprint density at radius 2 is 2.14 bits per heavy atom. The van der Waals surface area contributed by atoms with Crippen LogP contribution in [0.5, 0.6) is 0 Å². The summed E-state index contributed by atoms with van der Waals surface area (Å²) in [6, 6.07) is 4.00. The van der Waals surface area contributed by atoms with Crippen molar-refractivity contribution in [1.29, 1.82) is 0 Å². The molecule has 7 nitrogen and oxygen atoms in total. The Kier molecular flexibility index (Phi) is 3.37. The predicted octanol–water partition coefficient (Wildman–Crippen LogP) is 1.73. The highest BCUT2D eigenvalue weighted by Crippen LogP contribution is 2.37. The highest BCUT2D eigenvalue weighted by atomic mass is 32.2. The van der Waals surface area contributed by atoms with Crippen LogP contribution in [0.4, 0.5) is 11.4 Å². The lowest BCUT2D eigenvalue weighted by Gasteiger charge is -2.21. The number of sulfone groups is 1. The van der Waals surface area contributed by atoms with Crippen molar-refractivity contribution in [3.8, 4) is 0 Å². The number of nitrogens with one attached hydrogen (secondary N) is 1. The van der Waals surface area contributed by atoms with Crippen molar-refractivity contribution in [3.05, 3.63) is 28.3 Å². The molecule has 114 valence electrons. The molecule has 0 saturated carbocycles. The van der Waals surface area contributed by atoms with Gasteiger partial charge in [-0.2, -0.15) is 0 Å². The molecule has 2 saturated heterocycles. The van der Waals surface area contributed by atoms with Crippen LogP contribution in [0.1, 0.15) is 19.3 Å². The summed E-state index contributed by atoms with van der Waals surface area (Å²) in [5, 5.41) is 14.3. The van der Waals surface area contributed by atoms with Crippen molar-refractivity contribution < 1.29 is 18.1 Å². The molecule has 2 bridgehead atoms. The van der Waals surface area contributed by atoms with E-state index in [-0.39, 0.29) is 28.8 Å². The van der Waals surface area contributed by atoms with Crippen molar-refractivity contribution in [2.24, 2.45) is 0 Å². The van der Waals surface area contributed by atoms with Gasteiger partial charge in [0.05, 0.1) is 28.1 Å². The van der Waals surface area contributed by atoms with E-state index in [4.69, 9.17) is 4.74 Å². The van der Waals surface area contributed by atoms with Gasteiger partial charge in [0.2, 0.25) is 0 Å². The fourth-order valence-corrected chi connectivity index (χ4v) is 3.65. The standard InChI is InChI=1S/C13H16N2O5S/c1-21(18,19)9-3-4-10(12(7-9)15(16)17)14-11-6-8-2-5-13(11)20-8/h3-4,7-8,11,13-14H,2,5-6H2,1H3. The molecular formula is C13H16N2O5S. The maximum Gasteiger partial charge on any atom is 0.293 e. The quantitative estimate of drug-likeness (QED) is 0.671. The van der Waals surface area contributed by atoms with Crippen LogP contribution in [-0.2, 0) is 14.6 Å². The molecule has 8 heteroatoms. The molecule has 0 radical (unpaired) electrons. The fourth-order valence-electron chi connectivity index (χ4n) is 3.00. The Balaban J connectivity index is 1.89. The van der Waals surface area contributed by atoms with Gasteiger partial charge in [0.15, 0.2) is 9.84 Å². The first-order chi connectivity index (χ1) is 9.84. The van der Waals surface area contributed by atoms with E-state index in [9.17, 15) is 18.5 Å². The van der Waals surface area contributed by atoms with Crippen LogP contribution in [0.25, 0.3) is 0 Å². The Morgan fingerprint density at radius 3 is 2.67 bits per heavy atom. The van der Waals surface area contributed by atoms with Crippen LogP contribution in [0, 0.1) is 10.1 Å². The molecule has 21 heavy (non-hydrogen) atoms. The number of fused-ring (bicyclic) bond motifs is 2. The van der Waals surface area contributed by atoms with Gasteiger partial charge in [0, 0.05) is 12.3 Å². The van der Waals surface area contributed by atoms with Gasteiger partial charge in [0.25, 0.3) is 5.69 Å². The summed E-state index contributed by atoms with van der Waals surface area (Å²) < 4.78 is 28.7. The van der Waals surface area contributed by atoms with E-state index in [0.29, 0.717) is 5.69 Å². The zero-order chi connectivity index (χ0) is 15.2. The van der Waals surface area contributed by atoms with Crippen LogP contribution in [0.3, 0.4) is 0 Å². The molecule has 1 N–H and O–H groups in total. The van der Waals surface area contributed by atoms with Crippen molar-refractivity contribution in [2.45, 2.75) is 42.4 Å². The van der Waals surface area contributed by atoms with Crippen molar-refractivity contribution >= 4 is 21.2 Å². The number of hydrogen-bond acceptors (Lipinski definition) is 6. The third kappa shape index (κ3) is 2.73. The van der Waals surface area contributed by atoms with Crippen LogP contribution >= 0.6 is 0 Å². The number of ether oxygens (including phenoxy) is 1. The Bertz CT molecular complexity index is 688. The van der Waals surface area contributed by atoms with E-state index >= 15 is 0 Å². The lowest BCUT2D eigenvalue weighted by molar-refractivity contribution is -0.384. The molecular weight excluding hydrogens is 296 g/mol. The highest BCUT2D eigenvalue weighted by Gasteiger charge is 2.41. The first kappa shape index (κ1) is 14.3. The van der Waals surface area contributed by atoms with E-state index in [1.54, 1.807) is 0 Å². The predicted molar refractivity (Wildman–Crippen MR) is 76.1 cm³/mol. The van der Waals surface area contributed by atoms with Gasteiger partial charge >= 0.3 is 0 Å². The van der Waals surface area contributed by atoms with E-state index < -0.39 is 14.8 Å². The largest absolute Gasteiger partial charge is 0.374 e. The number of rotatable bonds is 4. The smallest absolute Gasteiger partial charge is 0.293 e. The van der Waals surface area contributed by atoms with E-state index in [1.165, 1.54) is 12.1 Å². The van der Waals surface area contributed by atoms with Crippen molar-refractivity contribution in [2.75, 3.05) is 11.6 Å². The highest BCUT2D eigenvalue weighted by molar-refractivity contribution is 7.90. The van der Waals surface area contributed by atoms with Gasteiger partial charge in [-0.15, -0.1) is 0 Å². The number of nitro benzene ring substituents is 1. The van der Waals surface area contributed by atoms with Crippen molar-refractivity contribution in [3.63, 3.8) is 0 Å². The average molecular weight is 312 g/mol. The maximum absolute atomic E-state index is 11.5. The minimum atomic E-state index is -3.47. The molecule has 0 amide bonds. The third-order valence-corrected chi connectivity index (χ3v) is 5.15. The molecule has 1 aromatic carbocycles. The molecule has 2 fully saturated rings. The van der Waals surface area contributed by atoms with Crippen LogP contribution < -0.4 is 5.32 Å². The summed E-state index contributed by atoms with van der Waals surface area (Å²) in [5.41, 5.74) is 0.120. The Morgan fingerprint density at radius 1 is 1.38 bits per heavy atom. The zero-order valence-electron chi connectivity index (χ0n) is 11.5. The van der Waals surface area contributed by atoms with E-state index in [2.05, 4.69) is 5.32 Å². The Hall–Kier alpha value is -1.67. The molecule has 2 heterocycles. The van der Waals surface area contributed by atoms with Crippen LogP contribution in [-0.4, -0.2) is 37.8 Å². The minimum absolute atomic E-state index is 0.0477. The summed E-state index contributed by atoms with van der Waals surface area (Å²) in [6.07, 6.45) is 4.18. The number of nitrogens with zero attached hydrogens (tertiary/aromatic N) is 1. The monoisotopic (exact) mass is 312 g/mol. The Labute approximate surface area is 122 Å². The first-order valence-electron chi connectivity index (χ1n) is 6.75. The van der Waals surface area contributed by atoms with Gasteiger partial charge < -0.3 is 10.1 Å². The molecule has 0 spiro atoms. The molecule has 3 atom stereocenters. The fraction of sp³-hybridized carbons (Fsp3) is 0.538. The first-order valence-corrected chi connectivity index (χ1v) is 8.64. The van der Waals surface area contributed by atoms with E-state index in [1.807, 2.05) is 0 Å². The van der Waals surface area contributed by atoms with Crippen LogP contribution in [0.2, 0.25) is 0 Å². The van der Waals surface area contributed by atoms with Gasteiger partial charge in [0.1, 0.15) is 5.69 Å².